The molecule has 184 valence electrons. The number of hydrogen-bond donors (Lipinski definition) is 2. The standard InChI is InChI=1S/C27H18F3N5OS/c28-27(29,30)17-11-12-20-23(14-17)37-26(32-20)33-25(21-15-31-35(34-21)18-7-2-1-3-8-18)24-19-9-5-4-6-16(19)10-13-22(24)36/h1-15,25,36H,(H,32,33). The summed E-state index contributed by atoms with van der Waals surface area (Å²) in [6.07, 6.45) is -2.85. The van der Waals surface area contributed by atoms with Crippen LogP contribution in [0.1, 0.15) is 22.9 Å². The molecule has 4 aromatic carbocycles. The van der Waals surface area contributed by atoms with Crippen molar-refractivity contribution in [2.45, 2.75) is 12.2 Å². The number of alkyl halides is 3. The molecule has 10 heteroatoms. The van der Waals surface area contributed by atoms with E-state index < -0.39 is 17.8 Å². The van der Waals surface area contributed by atoms with Crippen molar-refractivity contribution in [1.82, 2.24) is 20.0 Å². The van der Waals surface area contributed by atoms with Crippen LogP contribution in [0, 0.1) is 0 Å². The van der Waals surface area contributed by atoms with Gasteiger partial charge in [-0.15, -0.1) is 0 Å². The highest BCUT2D eigenvalue weighted by Gasteiger charge is 2.31. The smallest absolute Gasteiger partial charge is 0.416 e. The van der Waals surface area contributed by atoms with Gasteiger partial charge in [0.25, 0.3) is 0 Å². The van der Waals surface area contributed by atoms with Gasteiger partial charge in [-0.2, -0.15) is 28.2 Å². The number of para-hydroxylation sites is 1. The molecule has 0 fully saturated rings. The summed E-state index contributed by atoms with van der Waals surface area (Å²) in [4.78, 5) is 5.99. The number of benzene rings is 4. The number of nitrogens with one attached hydrogen (secondary N) is 1. The quantitative estimate of drug-likeness (QED) is 0.259. The minimum Gasteiger partial charge on any atom is -0.508 e. The molecule has 0 saturated carbocycles. The van der Waals surface area contributed by atoms with Crippen molar-refractivity contribution < 1.29 is 18.3 Å². The van der Waals surface area contributed by atoms with Gasteiger partial charge in [0, 0.05) is 5.56 Å². The average Bonchev–Trinajstić information content (AvgIpc) is 3.54. The molecule has 1 atom stereocenters. The molecule has 6 aromatic rings. The maximum Gasteiger partial charge on any atom is 0.416 e. The summed E-state index contributed by atoms with van der Waals surface area (Å²) >= 11 is 1.10. The molecule has 0 aliphatic carbocycles. The van der Waals surface area contributed by atoms with Crippen LogP contribution in [0.3, 0.4) is 0 Å². The van der Waals surface area contributed by atoms with E-state index in [9.17, 15) is 18.3 Å². The molecule has 37 heavy (non-hydrogen) atoms. The van der Waals surface area contributed by atoms with Crippen LogP contribution in [-0.2, 0) is 6.18 Å². The van der Waals surface area contributed by atoms with E-state index in [1.54, 1.807) is 12.3 Å². The molecule has 0 saturated heterocycles. The van der Waals surface area contributed by atoms with Crippen LogP contribution in [-0.4, -0.2) is 25.1 Å². The third-order valence-corrected chi connectivity index (χ3v) is 6.96. The number of hydrogen-bond acceptors (Lipinski definition) is 6. The highest BCUT2D eigenvalue weighted by atomic mass is 32.1. The lowest BCUT2D eigenvalue weighted by Crippen LogP contribution is -2.14. The maximum absolute atomic E-state index is 13.2. The number of aromatic nitrogens is 4. The first-order valence-electron chi connectivity index (χ1n) is 11.3. The molecule has 6 rings (SSSR count). The normalized spacial score (nSPS) is 12.7. The fourth-order valence-electron chi connectivity index (χ4n) is 4.26. The Morgan fingerprint density at radius 3 is 2.51 bits per heavy atom. The Balaban J connectivity index is 1.48. The molecule has 0 amide bonds. The second kappa shape index (κ2) is 8.90. The summed E-state index contributed by atoms with van der Waals surface area (Å²) in [7, 11) is 0. The van der Waals surface area contributed by atoms with E-state index in [0.29, 0.717) is 26.6 Å². The predicted octanol–water partition coefficient (Wildman–Crippen LogP) is 6.96. The van der Waals surface area contributed by atoms with E-state index in [0.717, 1.165) is 39.9 Å². The van der Waals surface area contributed by atoms with Crippen molar-refractivity contribution in [3.63, 3.8) is 0 Å². The lowest BCUT2D eigenvalue weighted by Gasteiger charge is -2.19. The number of fused-ring (bicyclic) bond motifs is 2. The first-order valence-corrected chi connectivity index (χ1v) is 12.1. The fourth-order valence-corrected chi connectivity index (χ4v) is 5.19. The number of phenolic OH excluding ortho intramolecular Hbond substituents is 1. The van der Waals surface area contributed by atoms with Gasteiger partial charge in [-0.3, -0.25) is 0 Å². The van der Waals surface area contributed by atoms with Gasteiger partial charge in [0.1, 0.15) is 17.5 Å². The van der Waals surface area contributed by atoms with Crippen molar-refractivity contribution in [3.05, 3.63) is 108 Å². The van der Waals surface area contributed by atoms with Crippen LogP contribution in [0.5, 0.6) is 5.75 Å². The first kappa shape index (κ1) is 23.0. The SMILES string of the molecule is Oc1ccc2ccccc2c1C(Nc1nc2ccc(C(F)(F)F)cc2s1)c1cnn(-c2ccccc2)n1. The number of aromatic hydroxyl groups is 1. The number of anilines is 1. The van der Waals surface area contributed by atoms with Crippen molar-refractivity contribution in [2.24, 2.45) is 0 Å². The lowest BCUT2D eigenvalue weighted by atomic mass is 9.96. The molecule has 0 spiro atoms. The highest BCUT2D eigenvalue weighted by Crippen LogP contribution is 2.40. The minimum atomic E-state index is -4.45. The molecule has 2 aromatic heterocycles. The summed E-state index contributed by atoms with van der Waals surface area (Å²) in [6.45, 7) is 0. The van der Waals surface area contributed by atoms with Gasteiger partial charge in [-0.25, -0.2) is 4.98 Å². The summed E-state index contributed by atoms with van der Waals surface area (Å²) in [5, 5.41) is 25.5. The molecule has 6 nitrogen and oxygen atoms in total. The third-order valence-electron chi connectivity index (χ3n) is 6.01. The van der Waals surface area contributed by atoms with Crippen LogP contribution in [0.25, 0.3) is 26.7 Å². The zero-order valence-corrected chi connectivity index (χ0v) is 19.8. The molecular weight excluding hydrogens is 499 g/mol. The van der Waals surface area contributed by atoms with E-state index in [-0.39, 0.29) is 5.75 Å². The molecule has 0 aliphatic rings. The second-order valence-corrected chi connectivity index (χ2v) is 9.42. The largest absolute Gasteiger partial charge is 0.508 e. The monoisotopic (exact) mass is 517 g/mol. The Hall–Kier alpha value is -4.44. The van der Waals surface area contributed by atoms with Crippen LogP contribution in [0.15, 0.2) is 91.1 Å². The van der Waals surface area contributed by atoms with Crippen molar-refractivity contribution >= 4 is 37.5 Å². The maximum atomic E-state index is 13.2. The second-order valence-electron chi connectivity index (χ2n) is 8.39. The van der Waals surface area contributed by atoms with E-state index in [1.165, 1.54) is 10.9 Å². The Kier molecular flexibility index (Phi) is 5.53. The lowest BCUT2D eigenvalue weighted by molar-refractivity contribution is -0.137. The van der Waals surface area contributed by atoms with Crippen LogP contribution in [0.2, 0.25) is 0 Å². The van der Waals surface area contributed by atoms with Crippen molar-refractivity contribution in [1.29, 1.82) is 0 Å². The van der Waals surface area contributed by atoms with Gasteiger partial charge in [-0.05, 0) is 47.2 Å². The Bertz CT molecular complexity index is 1730. The molecule has 2 N–H and O–H groups in total. The topological polar surface area (TPSA) is 75.9 Å². The zero-order chi connectivity index (χ0) is 25.6. The number of thiazole rings is 1. The van der Waals surface area contributed by atoms with E-state index >= 15 is 0 Å². The molecule has 2 heterocycles. The van der Waals surface area contributed by atoms with E-state index in [1.807, 2.05) is 60.7 Å². The summed E-state index contributed by atoms with van der Waals surface area (Å²) in [5.74, 6) is 0.0472. The Morgan fingerprint density at radius 1 is 0.919 bits per heavy atom. The Labute approximate surface area is 212 Å². The molecule has 1 unspecified atom stereocenters. The molecule has 0 bridgehead atoms. The number of phenols is 1. The van der Waals surface area contributed by atoms with Crippen molar-refractivity contribution in [2.75, 3.05) is 5.32 Å². The molecule has 0 radical (unpaired) electrons. The number of nitrogens with zero attached hydrogens (tertiary/aromatic N) is 4. The summed E-state index contributed by atoms with van der Waals surface area (Å²) in [6, 6.07) is 23.2. The van der Waals surface area contributed by atoms with Crippen molar-refractivity contribution in [3.8, 4) is 11.4 Å². The number of rotatable bonds is 5. The highest BCUT2D eigenvalue weighted by molar-refractivity contribution is 7.22. The summed E-state index contributed by atoms with van der Waals surface area (Å²) in [5.41, 5.74) is 1.53. The average molecular weight is 518 g/mol. The first-order chi connectivity index (χ1) is 17.9. The third kappa shape index (κ3) is 4.36. The van der Waals surface area contributed by atoms with Crippen LogP contribution in [0.4, 0.5) is 18.3 Å². The summed E-state index contributed by atoms with van der Waals surface area (Å²) < 4.78 is 40.1. The molecule has 0 aliphatic heterocycles. The molecular formula is C27H18F3N5OS. The van der Waals surface area contributed by atoms with Gasteiger partial charge in [-0.1, -0.05) is 59.9 Å². The van der Waals surface area contributed by atoms with Crippen LogP contribution >= 0.6 is 11.3 Å². The van der Waals surface area contributed by atoms with Gasteiger partial charge in [0.2, 0.25) is 0 Å². The van der Waals surface area contributed by atoms with E-state index in [4.69, 9.17) is 0 Å². The zero-order valence-electron chi connectivity index (χ0n) is 19.0. The predicted molar refractivity (Wildman–Crippen MR) is 137 cm³/mol. The fraction of sp³-hybridized carbons (Fsp3) is 0.0741. The van der Waals surface area contributed by atoms with Gasteiger partial charge in [0.15, 0.2) is 5.13 Å². The minimum absolute atomic E-state index is 0.0472. The van der Waals surface area contributed by atoms with Gasteiger partial charge >= 0.3 is 6.18 Å². The van der Waals surface area contributed by atoms with Gasteiger partial charge < -0.3 is 10.4 Å². The van der Waals surface area contributed by atoms with Crippen LogP contribution < -0.4 is 5.32 Å². The number of halogens is 3. The Morgan fingerprint density at radius 2 is 1.70 bits per heavy atom. The van der Waals surface area contributed by atoms with E-state index in [2.05, 4.69) is 20.5 Å². The van der Waals surface area contributed by atoms with Gasteiger partial charge in [0.05, 0.1) is 27.7 Å².